The highest BCUT2D eigenvalue weighted by Crippen LogP contribution is 2.41. The maximum atomic E-state index is 13.1. The van der Waals surface area contributed by atoms with Crippen molar-refractivity contribution >= 4 is 55.6 Å². The molecular formula is C26H21BrN2O3S. The number of para-hydroxylation sites is 1. The van der Waals surface area contributed by atoms with E-state index in [0.29, 0.717) is 18.5 Å². The second-order valence-electron chi connectivity index (χ2n) is 8.05. The molecular weight excluding hydrogens is 500 g/mol. The summed E-state index contributed by atoms with van der Waals surface area (Å²) in [6.07, 6.45) is 2.68. The van der Waals surface area contributed by atoms with E-state index < -0.39 is 17.7 Å². The number of ketones is 1. The number of likely N-dealkylation sites (tertiary alicyclic amines) is 1. The minimum atomic E-state index is -0.647. The van der Waals surface area contributed by atoms with Crippen LogP contribution in [0, 0.1) is 0 Å². The van der Waals surface area contributed by atoms with Crippen LogP contribution in [-0.4, -0.2) is 32.8 Å². The third kappa shape index (κ3) is 3.81. The third-order valence-electron chi connectivity index (χ3n) is 6.07. The van der Waals surface area contributed by atoms with Crippen LogP contribution in [0.4, 0.5) is 0 Å². The van der Waals surface area contributed by atoms with Crippen LogP contribution in [0.3, 0.4) is 0 Å². The van der Waals surface area contributed by atoms with Gasteiger partial charge in [-0.05, 0) is 41.6 Å². The Morgan fingerprint density at radius 1 is 1.06 bits per heavy atom. The average Bonchev–Trinajstić information content (AvgIpc) is 3.52. The Bertz CT molecular complexity index is 1390. The first-order chi connectivity index (χ1) is 16.0. The van der Waals surface area contributed by atoms with Crippen LogP contribution in [0.2, 0.25) is 0 Å². The van der Waals surface area contributed by atoms with Gasteiger partial charge < -0.3 is 14.6 Å². The topological polar surface area (TPSA) is 62.5 Å². The molecule has 2 aromatic heterocycles. The van der Waals surface area contributed by atoms with Crippen LogP contribution < -0.4 is 0 Å². The number of aryl methyl sites for hydroxylation is 1. The van der Waals surface area contributed by atoms with E-state index in [9.17, 15) is 14.7 Å². The molecule has 1 amide bonds. The number of aliphatic hydroxyl groups is 1. The van der Waals surface area contributed by atoms with Crippen LogP contribution in [0.25, 0.3) is 16.7 Å². The molecule has 1 saturated heterocycles. The lowest BCUT2D eigenvalue weighted by Gasteiger charge is -2.24. The second-order valence-corrected chi connectivity index (χ2v) is 9.94. The van der Waals surface area contributed by atoms with Crippen molar-refractivity contribution in [1.82, 2.24) is 9.47 Å². The molecule has 1 aliphatic heterocycles. The maximum Gasteiger partial charge on any atom is 0.295 e. The zero-order chi connectivity index (χ0) is 23.1. The molecule has 1 aliphatic rings. The summed E-state index contributed by atoms with van der Waals surface area (Å²) in [5.74, 6) is -1.37. The van der Waals surface area contributed by atoms with E-state index in [1.165, 1.54) is 11.3 Å². The summed E-state index contributed by atoms with van der Waals surface area (Å²) in [6.45, 7) is 0.373. The van der Waals surface area contributed by atoms with Gasteiger partial charge in [-0.2, -0.15) is 0 Å². The molecule has 7 heteroatoms. The van der Waals surface area contributed by atoms with E-state index in [1.807, 2.05) is 36.7 Å². The second kappa shape index (κ2) is 8.65. The molecule has 33 heavy (non-hydrogen) atoms. The number of amides is 1. The first-order valence-electron chi connectivity index (χ1n) is 10.6. The number of thiophene rings is 1. The van der Waals surface area contributed by atoms with Crippen molar-refractivity contribution in [3.05, 3.63) is 98.3 Å². The fourth-order valence-electron chi connectivity index (χ4n) is 4.48. The summed E-state index contributed by atoms with van der Waals surface area (Å²) in [4.78, 5) is 28.7. The van der Waals surface area contributed by atoms with Crippen LogP contribution in [0.5, 0.6) is 0 Å². The van der Waals surface area contributed by atoms with Crippen molar-refractivity contribution in [3.63, 3.8) is 0 Å². The van der Waals surface area contributed by atoms with Crippen molar-refractivity contribution in [2.45, 2.75) is 12.5 Å². The fraction of sp³-hybridized carbons (Fsp3) is 0.154. The van der Waals surface area contributed by atoms with Gasteiger partial charge in [0.15, 0.2) is 0 Å². The highest BCUT2D eigenvalue weighted by molar-refractivity contribution is 9.10. The molecule has 0 radical (unpaired) electrons. The van der Waals surface area contributed by atoms with Crippen molar-refractivity contribution < 1.29 is 14.7 Å². The van der Waals surface area contributed by atoms with E-state index >= 15 is 0 Å². The Labute approximate surface area is 203 Å². The maximum absolute atomic E-state index is 13.1. The predicted octanol–water partition coefficient (Wildman–Crippen LogP) is 5.67. The molecule has 1 unspecified atom stereocenters. The monoisotopic (exact) mass is 520 g/mol. The predicted molar refractivity (Wildman–Crippen MR) is 134 cm³/mol. The molecule has 3 heterocycles. The summed E-state index contributed by atoms with van der Waals surface area (Å²) in [6, 6.07) is 18.4. The highest BCUT2D eigenvalue weighted by Gasteiger charge is 2.46. The van der Waals surface area contributed by atoms with Gasteiger partial charge in [-0.1, -0.05) is 52.3 Å². The van der Waals surface area contributed by atoms with Gasteiger partial charge in [-0.15, -0.1) is 11.3 Å². The van der Waals surface area contributed by atoms with Crippen molar-refractivity contribution in [2.75, 3.05) is 6.54 Å². The van der Waals surface area contributed by atoms with E-state index in [4.69, 9.17) is 0 Å². The van der Waals surface area contributed by atoms with Gasteiger partial charge in [0.1, 0.15) is 5.76 Å². The summed E-state index contributed by atoms with van der Waals surface area (Å²) < 4.78 is 2.94. The molecule has 1 fully saturated rings. The van der Waals surface area contributed by atoms with Gasteiger partial charge >= 0.3 is 0 Å². The lowest BCUT2D eigenvalue weighted by Crippen LogP contribution is -2.31. The molecule has 1 N–H and O–H groups in total. The van der Waals surface area contributed by atoms with Gasteiger partial charge in [0, 0.05) is 45.6 Å². The SMILES string of the molecule is Cn1cc(CCN2C(=O)C(=O)/C(=C(\O)c3ccc(Br)cc3)C2c2cccs2)c2ccccc21. The van der Waals surface area contributed by atoms with Crippen molar-refractivity contribution in [1.29, 1.82) is 0 Å². The lowest BCUT2D eigenvalue weighted by molar-refractivity contribution is -0.139. The van der Waals surface area contributed by atoms with E-state index in [-0.39, 0.29) is 11.3 Å². The number of fused-ring (bicyclic) bond motifs is 1. The van der Waals surface area contributed by atoms with Crippen LogP contribution in [0.15, 0.2) is 82.3 Å². The Morgan fingerprint density at radius 2 is 1.82 bits per heavy atom. The molecule has 0 bridgehead atoms. The van der Waals surface area contributed by atoms with Crippen LogP contribution in [0.1, 0.15) is 22.0 Å². The normalized spacial score (nSPS) is 17.9. The summed E-state index contributed by atoms with van der Waals surface area (Å²) in [5, 5.41) is 14.1. The molecule has 5 nitrogen and oxygen atoms in total. The quantitative estimate of drug-likeness (QED) is 0.209. The number of aromatic nitrogens is 1. The third-order valence-corrected chi connectivity index (χ3v) is 7.53. The Balaban J connectivity index is 1.54. The zero-order valence-corrected chi connectivity index (χ0v) is 20.3. The minimum absolute atomic E-state index is 0.141. The Kier molecular flexibility index (Phi) is 5.68. The van der Waals surface area contributed by atoms with E-state index in [2.05, 4.69) is 38.8 Å². The largest absolute Gasteiger partial charge is 0.507 e. The number of nitrogens with zero attached hydrogens (tertiary/aromatic N) is 2. The lowest BCUT2D eigenvalue weighted by atomic mass is 10.00. The number of halogens is 1. The number of carbonyl (C=O) groups is 2. The first kappa shape index (κ1) is 21.7. The van der Waals surface area contributed by atoms with Gasteiger partial charge in [0.05, 0.1) is 11.6 Å². The van der Waals surface area contributed by atoms with Crippen molar-refractivity contribution in [2.24, 2.45) is 7.05 Å². The van der Waals surface area contributed by atoms with E-state index in [0.717, 1.165) is 25.8 Å². The molecule has 1 atom stereocenters. The standard InChI is InChI=1S/C26H21BrN2O3S/c1-28-15-17(19-5-2-3-6-20(19)28)12-13-29-23(21-7-4-14-33-21)22(25(31)26(29)32)24(30)16-8-10-18(27)11-9-16/h2-11,14-15,23,30H,12-13H2,1H3/b24-22-. The molecule has 5 rings (SSSR count). The number of aliphatic hydroxyl groups excluding tert-OH is 1. The van der Waals surface area contributed by atoms with Gasteiger partial charge in [-0.3, -0.25) is 9.59 Å². The van der Waals surface area contributed by atoms with Gasteiger partial charge in [-0.25, -0.2) is 0 Å². The number of benzene rings is 2. The minimum Gasteiger partial charge on any atom is -0.507 e. The fourth-order valence-corrected chi connectivity index (χ4v) is 5.59. The van der Waals surface area contributed by atoms with Crippen molar-refractivity contribution in [3.8, 4) is 0 Å². The van der Waals surface area contributed by atoms with Gasteiger partial charge in [0.2, 0.25) is 0 Å². The number of rotatable bonds is 5. The number of hydrogen-bond donors (Lipinski definition) is 1. The van der Waals surface area contributed by atoms with E-state index in [1.54, 1.807) is 29.2 Å². The zero-order valence-electron chi connectivity index (χ0n) is 17.9. The number of Topliss-reactive ketones (excluding diaryl/α,β-unsaturated/α-hetero) is 1. The number of carbonyl (C=O) groups excluding carboxylic acids is 2. The average molecular weight is 521 g/mol. The molecule has 0 aliphatic carbocycles. The molecule has 0 saturated carbocycles. The summed E-state index contributed by atoms with van der Waals surface area (Å²) >= 11 is 4.86. The molecule has 2 aromatic carbocycles. The number of hydrogen-bond acceptors (Lipinski definition) is 4. The Hall–Kier alpha value is -3.16. The molecule has 0 spiro atoms. The smallest absolute Gasteiger partial charge is 0.295 e. The van der Waals surface area contributed by atoms with Crippen LogP contribution in [-0.2, 0) is 23.1 Å². The molecule has 166 valence electrons. The molecule has 4 aromatic rings. The highest BCUT2D eigenvalue weighted by atomic mass is 79.9. The summed E-state index contributed by atoms with van der Waals surface area (Å²) in [5.41, 5.74) is 2.89. The van der Waals surface area contributed by atoms with Gasteiger partial charge in [0.25, 0.3) is 11.7 Å². The Morgan fingerprint density at radius 3 is 2.55 bits per heavy atom. The van der Waals surface area contributed by atoms with Crippen LogP contribution >= 0.6 is 27.3 Å². The summed E-state index contributed by atoms with van der Waals surface area (Å²) in [7, 11) is 2.00. The first-order valence-corrected chi connectivity index (χ1v) is 12.2.